The molecular weight excluding hydrogens is 248 g/mol. The van der Waals surface area contributed by atoms with Gasteiger partial charge in [-0.15, -0.1) is 12.4 Å². The maximum atomic E-state index is 11.8. The number of carbonyl (C=O) groups is 1. The third-order valence-corrected chi connectivity index (χ3v) is 3.23. The molecule has 0 atom stereocenters. The molecule has 18 heavy (non-hydrogen) atoms. The normalized spacial score (nSPS) is 10.4. The van der Waals surface area contributed by atoms with E-state index in [1.807, 2.05) is 30.3 Å². The average Bonchev–Trinajstić information content (AvgIpc) is 2.37. The van der Waals surface area contributed by atoms with E-state index in [9.17, 15) is 4.79 Å². The zero-order valence-corrected chi connectivity index (χ0v) is 12.1. The number of anilines is 1. The number of amides is 1. The molecular formula is C14H23ClN2O. The van der Waals surface area contributed by atoms with Crippen LogP contribution in [0.5, 0.6) is 0 Å². The first-order valence-corrected chi connectivity index (χ1v) is 6.19. The molecule has 2 N–H and O–H groups in total. The van der Waals surface area contributed by atoms with Gasteiger partial charge in [0.15, 0.2) is 0 Å². The Hall–Kier alpha value is -1.22. The molecule has 0 aliphatic heterocycles. The Kier molecular flexibility index (Phi) is 7.44. The van der Waals surface area contributed by atoms with Crippen molar-refractivity contribution in [1.29, 1.82) is 0 Å². The molecule has 0 aliphatic rings. The first-order valence-electron chi connectivity index (χ1n) is 6.19. The van der Waals surface area contributed by atoms with Gasteiger partial charge in [-0.1, -0.05) is 32.0 Å². The van der Waals surface area contributed by atoms with E-state index in [-0.39, 0.29) is 23.9 Å². The Balaban J connectivity index is 0.00000289. The zero-order chi connectivity index (χ0) is 12.7. The Morgan fingerprint density at radius 2 is 1.72 bits per heavy atom. The van der Waals surface area contributed by atoms with Crippen molar-refractivity contribution in [1.82, 2.24) is 5.32 Å². The van der Waals surface area contributed by atoms with Crippen LogP contribution in [0.3, 0.4) is 0 Å². The van der Waals surface area contributed by atoms with Crippen molar-refractivity contribution in [2.75, 3.05) is 11.9 Å². The highest BCUT2D eigenvalue weighted by molar-refractivity contribution is 5.85. The number of carbonyl (C=O) groups excluding carboxylic acids is 1. The van der Waals surface area contributed by atoms with Crippen LogP contribution in [0.1, 0.15) is 33.6 Å². The van der Waals surface area contributed by atoms with Gasteiger partial charge in [0, 0.05) is 11.2 Å². The highest BCUT2D eigenvalue weighted by atomic mass is 35.5. The van der Waals surface area contributed by atoms with Crippen molar-refractivity contribution in [3.05, 3.63) is 30.3 Å². The lowest BCUT2D eigenvalue weighted by Gasteiger charge is -2.28. The molecule has 0 aromatic heterocycles. The van der Waals surface area contributed by atoms with E-state index >= 15 is 0 Å². The Bertz CT molecular complexity index is 350. The lowest BCUT2D eigenvalue weighted by molar-refractivity contribution is -0.121. The molecule has 102 valence electrons. The van der Waals surface area contributed by atoms with Gasteiger partial charge in [0.2, 0.25) is 5.91 Å². The molecule has 0 heterocycles. The van der Waals surface area contributed by atoms with Gasteiger partial charge in [-0.2, -0.15) is 0 Å². The van der Waals surface area contributed by atoms with Crippen molar-refractivity contribution in [3.8, 4) is 0 Å². The summed E-state index contributed by atoms with van der Waals surface area (Å²) in [4.78, 5) is 11.8. The summed E-state index contributed by atoms with van der Waals surface area (Å²) >= 11 is 0. The standard InChI is InChI=1S/C14H22N2O.ClH/c1-4-14(3,5-2)16-13(17)11-15-12-9-7-6-8-10-12;/h6-10,15H,4-5,11H2,1-3H3,(H,16,17);1H. The quantitative estimate of drug-likeness (QED) is 0.833. The van der Waals surface area contributed by atoms with Crippen molar-refractivity contribution in [3.63, 3.8) is 0 Å². The topological polar surface area (TPSA) is 41.1 Å². The Morgan fingerprint density at radius 3 is 2.22 bits per heavy atom. The van der Waals surface area contributed by atoms with Crippen LogP contribution in [0.2, 0.25) is 0 Å². The second kappa shape index (κ2) is 7.98. The van der Waals surface area contributed by atoms with E-state index in [4.69, 9.17) is 0 Å². The fourth-order valence-corrected chi connectivity index (χ4v) is 1.55. The molecule has 3 nitrogen and oxygen atoms in total. The summed E-state index contributed by atoms with van der Waals surface area (Å²) in [5.41, 5.74) is 0.882. The fourth-order valence-electron chi connectivity index (χ4n) is 1.55. The third kappa shape index (κ3) is 5.41. The summed E-state index contributed by atoms with van der Waals surface area (Å²) in [5.74, 6) is 0.0417. The molecule has 1 aromatic rings. The molecule has 0 saturated carbocycles. The molecule has 0 bridgehead atoms. The average molecular weight is 271 g/mol. The number of para-hydroxylation sites is 1. The van der Waals surface area contributed by atoms with E-state index in [1.165, 1.54) is 0 Å². The first-order chi connectivity index (χ1) is 8.09. The number of halogens is 1. The van der Waals surface area contributed by atoms with Gasteiger partial charge in [0.25, 0.3) is 0 Å². The zero-order valence-electron chi connectivity index (χ0n) is 11.3. The molecule has 1 aromatic carbocycles. The van der Waals surface area contributed by atoms with Crippen LogP contribution in [0.25, 0.3) is 0 Å². The summed E-state index contributed by atoms with van der Waals surface area (Å²) in [6.07, 6.45) is 1.89. The molecule has 1 rings (SSSR count). The SMILES string of the molecule is CCC(C)(CC)NC(=O)CNc1ccccc1.Cl. The summed E-state index contributed by atoms with van der Waals surface area (Å²) in [6.45, 7) is 6.58. The predicted octanol–water partition coefficient (Wildman–Crippen LogP) is 3.22. The number of hydrogen-bond donors (Lipinski definition) is 2. The number of rotatable bonds is 6. The van der Waals surface area contributed by atoms with Crippen molar-refractivity contribution < 1.29 is 4.79 Å². The van der Waals surface area contributed by atoms with Gasteiger partial charge in [0.05, 0.1) is 6.54 Å². The summed E-state index contributed by atoms with van der Waals surface area (Å²) in [5, 5.41) is 6.16. The van der Waals surface area contributed by atoms with Gasteiger partial charge in [-0.25, -0.2) is 0 Å². The maximum absolute atomic E-state index is 11.8. The minimum atomic E-state index is -0.0878. The molecule has 0 saturated heterocycles. The number of nitrogens with one attached hydrogen (secondary N) is 2. The smallest absolute Gasteiger partial charge is 0.239 e. The van der Waals surface area contributed by atoms with Crippen LogP contribution in [-0.4, -0.2) is 18.0 Å². The molecule has 0 aliphatic carbocycles. The van der Waals surface area contributed by atoms with Crippen LogP contribution >= 0.6 is 12.4 Å². The molecule has 0 unspecified atom stereocenters. The largest absolute Gasteiger partial charge is 0.376 e. The summed E-state index contributed by atoms with van der Waals surface area (Å²) in [6, 6.07) is 9.75. The number of hydrogen-bond acceptors (Lipinski definition) is 2. The number of benzene rings is 1. The fraction of sp³-hybridized carbons (Fsp3) is 0.500. The van der Waals surface area contributed by atoms with Crippen LogP contribution in [-0.2, 0) is 4.79 Å². The van der Waals surface area contributed by atoms with Gasteiger partial charge >= 0.3 is 0 Å². The minimum absolute atomic E-state index is 0. The van der Waals surface area contributed by atoms with E-state index in [1.54, 1.807) is 0 Å². The van der Waals surface area contributed by atoms with E-state index < -0.39 is 0 Å². The highest BCUT2D eigenvalue weighted by Gasteiger charge is 2.21. The van der Waals surface area contributed by atoms with E-state index in [2.05, 4.69) is 31.4 Å². The Morgan fingerprint density at radius 1 is 1.17 bits per heavy atom. The molecule has 0 radical (unpaired) electrons. The van der Waals surface area contributed by atoms with Crippen LogP contribution in [0, 0.1) is 0 Å². The van der Waals surface area contributed by atoms with Crippen molar-refractivity contribution >= 4 is 24.0 Å². The van der Waals surface area contributed by atoms with Crippen LogP contribution < -0.4 is 10.6 Å². The van der Waals surface area contributed by atoms with E-state index in [0.29, 0.717) is 6.54 Å². The van der Waals surface area contributed by atoms with E-state index in [0.717, 1.165) is 18.5 Å². The van der Waals surface area contributed by atoms with Gasteiger partial charge < -0.3 is 10.6 Å². The molecule has 0 fully saturated rings. The first kappa shape index (κ1) is 16.8. The maximum Gasteiger partial charge on any atom is 0.239 e. The highest BCUT2D eigenvalue weighted by Crippen LogP contribution is 2.13. The lowest BCUT2D eigenvalue weighted by atomic mass is 9.95. The molecule has 0 spiro atoms. The second-order valence-electron chi connectivity index (χ2n) is 4.54. The third-order valence-electron chi connectivity index (χ3n) is 3.23. The monoisotopic (exact) mass is 270 g/mol. The minimum Gasteiger partial charge on any atom is -0.376 e. The van der Waals surface area contributed by atoms with Gasteiger partial charge in [-0.3, -0.25) is 4.79 Å². The molecule has 4 heteroatoms. The van der Waals surface area contributed by atoms with Crippen LogP contribution in [0.15, 0.2) is 30.3 Å². The van der Waals surface area contributed by atoms with Gasteiger partial charge in [-0.05, 0) is 31.9 Å². The Labute approximate surface area is 116 Å². The van der Waals surface area contributed by atoms with Crippen LogP contribution in [0.4, 0.5) is 5.69 Å². The lowest BCUT2D eigenvalue weighted by Crippen LogP contribution is -2.47. The van der Waals surface area contributed by atoms with Gasteiger partial charge in [0.1, 0.15) is 0 Å². The van der Waals surface area contributed by atoms with Crippen molar-refractivity contribution in [2.45, 2.75) is 39.2 Å². The summed E-state index contributed by atoms with van der Waals surface area (Å²) < 4.78 is 0. The summed E-state index contributed by atoms with van der Waals surface area (Å²) in [7, 11) is 0. The molecule has 1 amide bonds. The second-order valence-corrected chi connectivity index (χ2v) is 4.54. The predicted molar refractivity (Wildman–Crippen MR) is 79.3 cm³/mol. The van der Waals surface area contributed by atoms with Crippen molar-refractivity contribution in [2.24, 2.45) is 0 Å².